The Labute approximate surface area is 174 Å². The van der Waals surface area contributed by atoms with Crippen LogP contribution in [0, 0.1) is 20.8 Å². The van der Waals surface area contributed by atoms with E-state index in [-0.39, 0.29) is 5.91 Å². The molecule has 0 atom stereocenters. The Balaban J connectivity index is 1.48. The van der Waals surface area contributed by atoms with E-state index in [1.54, 1.807) is 13.0 Å². The highest BCUT2D eigenvalue weighted by Crippen LogP contribution is 2.32. The molecule has 7 nitrogen and oxygen atoms in total. The van der Waals surface area contributed by atoms with Crippen molar-refractivity contribution in [1.29, 1.82) is 0 Å². The number of carbonyl (C=O) groups is 1. The van der Waals surface area contributed by atoms with Gasteiger partial charge >= 0.3 is 0 Å². The first kappa shape index (κ1) is 19.7. The topological polar surface area (TPSA) is 75.6 Å². The van der Waals surface area contributed by atoms with E-state index in [1.165, 1.54) is 0 Å². The first-order valence-corrected chi connectivity index (χ1v) is 9.98. The van der Waals surface area contributed by atoms with Crippen molar-refractivity contribution in [2.75, 3.05) is 26.2 Å². The van der Waals surface area contributed by atoms with E-state index >= 15 is 0 Å². The van der Waals surface area contributed by atoms with Gasteiger partial charge in [-0.3, -0.25) is 9.69 Å². The Morgan fingerprint density at radius 3 is 2.38 bits per heavy atom. The van der Waals surface area contributed by atoms with Gasteiger partial charge in [0.15, 0.2) is 0 Å². The number of halogens is 1. The number of aryl methyl sites for hydroxylation is 3. The molecule has 1 saturated heterocycles. The standard InChI is InChI=1S/C21H23ClN4O3/c1-13-17(14(2)28-23-13)12-25-8-10-26(11-9-25)21(27)19-15(3)29-24-20(19)16-6-4-5-7-18(16)22/h4-7H,8-12H2,1-3H3. The van der Waals surface area contributed by atoms with Gasteiger partial charge in [0, 0.05) is 43.9 Å². The molecule has 8 heteroatoms. The van der Waals surface area contributed by atoms with Crippen LogP contribution >= 0.6 is 11.6 Å². The predicted octanol–water partition coefficient (Wildman–Crippen LogP) is 3.87. The van der Waals surface area contributed by atoms with Crippen LogP contribution in [0.25, 0.3) is 11.3 Å². The van der Waals surface area contributed by atoms with Crippen LogP contribution in [0.15, 0.2) is 33.3 Å². The molecule has 0 aliphatic carbocycles. The lowest BCUT2D eigenvalue weighted by atomic mass is 10.0. The van der Waals surface area contributed by atoms with Gasteiger partial charge in [-0.15, -0.1) is 0 Å². The Morgan fingerprint density at radius 1 is 1.03 bits per heavy atom. The molecular formula is C21H23ClN4O3. The highest BCUT2D eigenvalue weighted by molar-refractivity contribution is 6.33. The maximum absolute atomic E-state index is 13.3. The quantitative estimate of drug-likeness (QED) is 0.645. The zero-order valence-corrected chi connectivity index (χ0v) is 17.5. The molecule has 0 bridgehead atoms. The van der Waals surface area contributed by atoms with Crippen molar-refractivity contribution in [3.63, 3.8) is 0 Å². The molecule has 0 N–H and O–H groups in total. The molecule has 0 spiro atoms. The fourth-order valence-electron chi connectivity index (χ4n) is 3.68. The van der Waals surface area contributed by atoms with E-state index in [0.717, 1.165) is 36.7 Å². The van der Waals surface area contributed by atoms with E-state index in [1.807, 2.05) is 36.9 Å². The number of nitrogens with zero attached hydrogens (tertiary/aromatic N) is 4. The van der Waals surface area contributed by atoms with Gasteiger partial charge in [0.05, 0.1) is 10.7 Å². The van der Waals surface area contributed by atoms with Crippen molar-refractivity contribution in [2.24, 2.45) is 0 Å². The highest BCUT2D eigenvalue weighted by atomic mass is 35.5. The van der Waals surface area contributed by atoms with Gasteiger partial charge in [-0.25, -0.2) is 0 Å². The van der Waals surface area contributed by atoms with Crippen molar-refractivity contribution in [1.82, 2.24) is 20.1 Å². The van der Waals surface area contributed by atoms with Crippen LogP contribution in [-0.4, -0.2) is 52.2 Å². The molecule has 1 aliphatic heterocycles. The summed E-state index contributed by atoms with van der Waals surface area (Å²) in [4.78, 5) is 17.4. The monoisotopic (exact) mass is 414 g/mol. The van der Waals surface area contributed by atoms with Gasteiger partial charge in [-0.2, -0.15) is 0 Å². The summed E-state index contributed by atoms with van der Waals surface area (Å²) in [6, 6.07) is 7.34. The summed E-state index contributed by atoms with van der Waals surface area (Å²) in [5, 5.41) is 8.67. The molecule has 2 aromatic heterocycles. The number of hydrogen-bond donors (Lipinski definition) is 0. The van der Waals surface area contributed by atoms with Crippen LogP contribution in [0.2, 0.25) is 5.02 Å². The largest absolute Gasteiger partial charge is 0.361 e. The van der Waals surface area contributed by atoms with Crippen LogP contribution < -0.4 is 0 Å². The minimum atomic E-state index is -0.0735. The minimum Gasteiger partial charge on any atom is -0.361 e. The SMILES string of the molecule is Cc1noc(C)c1CN1CCN(C(=O)c2c(-c3ccccc3Cl)noc2C)CC1. The molecule has 1 fully saturated rings. The van der Waals surface area contributed by atoms with Gasteiger partial charge in [0.1, 0.15) is 22.8 Å². The van der Waals surface area contributed by atoms with Crippen molar-refractivity contribution < 1.29 is 13.8 Å². The number of amides is 1. The third kappa shape index (κ3) is 3.80. The van der Waals surface area contributed by atoms with Crippen molar-refractivity contribution >= 4 is 17.5 Å². The lowest BCUT2D eigenvalue weighted by molar-refractivity contribution is 0.0626. The highest BCUT2D eigenvalue weighted by Gasteiger charge is 2.29. The van der Waals surface area contributed by atoms with Crippen LogP contribution in [-0.2, 0) is 6.54 Å². The molecule has 0 saturated carbocycles. The summed E-state index contributed by atoms with van der Waals surface area (Å²) in [6.45, 7) is 9.25. The molecule has 1 aliphatic rings. The second-order valence-corrected chi connectivity index (χ2v) is 7.72. The van der Waals surface area contributed by atoms with E-state index in [0.29, 0.717) is 40.7 Å². The fraction of sp³-hybridized carbons (Fsp3) is 0.381. The Kier molecular flexibility index (Phi) is 5.43. The Bertz CT molecular complexity index is 1010. The van der Waals surface area contributed by atoms with Gasteiger partial charge in [0.25, 0.3) is 5.91 Å². The number of rotatable bonds is 4. The lowest BCUT2D eigenvalue weighted by Crippen LogP contribution is -2.48. The first-order chi connectivity index (χ1) is 14.0. The summed E-state index contributed by atoms with van der Waals surface area (Å²) in [5.74, 6) is 1.28. The third-order valence-electron chi connectivity index (χ3n) is 5.43. The maximum atomic E-state index is 13.3. The summed E-state index contributed by atoms with van der Waals surface area (Å²) in [7, 11) is 0. The normalized spacial score (nSPS) is 15.1. The molecule has 0 radical (unpaired) electrons. The number of benzene rings is 1. The second-order valence-electron chi connectivity index (χ2n) is 7.31. The van der Waals surface area contributed by atoms with Gasteiger partial charge in [-0.1, -0.05) is 40.1 Å². The van der Waals surface area contributed by atoms with Crippen LogP contribution in [0.4, 0.5) is 0 Å². The molecule has 0 unspecified atom stereocenters. The van der Waals surface area contributed by atoms with Crippen molar-refractivity contribution in [2.45, 2.75) is 27.3 Å². The lowest BCUT2D eigenvalue weighted by Gasteiger charge is -2.34. The zero-order chi connectivity index (χ0) is 20.5. The smallest absolute Gasteiger partial charge is 0.259 e. The van der Waals surface area contributed by atoms with Crippen molar-refractivity contribution in [3.8, 4) is 11.3 Å². The molecule has 3 aromatic rings. The first-order valence-electron chi connectivity index (χ1n) is 9.60. The average Bonchev–Trinajstić information content (AvgIpc) is 3.25. The molecule has 152 valence electrons. The van der Waals surface area contributed by atoms with E-state index in [9.17, 15) is 4.79 Å². The van der Waals surface area contributed by atoms with Crippen LogP contribution in [0.5, 0.6) is 0 Å². The summed E-state index contributed by atoms with van der Waals surface area (Å²) < 4.78 is 10.6. The van der Waals surface area contributed by atoms with E-state index in [4.69, 9.17) is 20.6 Å². The molecule has 3 heterocycles. The van der Waals surface area contributed by atoms with Gasteiger partial charge in [-0.05, 0) is 26.8 Å². The summed E-state index contributed by atoms with van der Waals surface area (Å²) >= 11 is 6.32. The number of hydrogen-bond acceptors (Lipinski definition) is 6. The number of carbonyl (C=O) groups excluding carboxylic acids is 1. The zero-order valence-electron chi connectivity index (χ0n) is 16.7. The molecule has 1 aromatic carbocycles. The fourth-order valence-corrected chi connectivity index (χ4v) is 3.90. The van der Waals surface area contributed by atoms with Crippen molar-refractivity contribution in [3.05, 3.63) is 57.6 Å². The average molecular weight is 415 g/mol. The Hall–Kier alpha value is -2.64. The molecule has 29 heavy (non-hydrogen) atoms. The van der Waals surface area contributed by atoms with E-state index < -0.39 is 0 Å². The summed E-state index contributed by atoms with van der Waals surface area (Å²) in [6.07, 6.45) is 0. The molecule has 4 rings (SSSR count). The van der Waals surface area contributed by atoms with E-state index in [2.05, 4.69) is 15.2 Å². The third-order valence-corrected chi connectivity index (χ3v) is 5.76. The summed E-state index contributed by atoms with van der Waals surface area (Å²) in [5.41, 5.74) is 3.73. The van der Waals surface area contributed by atoms with Gasteiger partial charge < -0.3 is 13.9 Å². The van der Waals surface area contributed by atoms with Gasteiger partial charge in [0.2, 0.25) is 0 Å². The van der Waals surface area contributed by atoms with Crippen LogP contribution in [0.3, 0.4) is 0 Å². The number of piperazine rings is 1. The molecular weight excluding hydrogens is 392 g/mol. The number of aromatic nitrogens is 2. The molecule has 1 amide bonds. The maximum Gasteiger partial charge on any atom is 0.259 e. The predicted molar refractivity (Wildman–Crippen MR) is 109 cm³/mol. The van der Waals surface area contributed by atoms with Crippen LogP contribution in [0.1, 0.15) is 33.1 Å². The second kappa shape index (κ2) is 8.00. The minimum absolute atomic E-state index is 0.0735. The Morgan fingerprint density at radius 2 is 1.72 bits per heavy atom.